The summed E-state index contributed by atoms with van der Waals surface area (Å²) in [6, 6.07) is 5.17. The summed E-state index contributed by atoms with van der Waals surface area (Å²) in [6.45, 7) is 1.93. The summed E-state index contributed by atoms with van der Waals surface area (Å²) >= 11 is 0. The number of aromatic amines is 1. The topological polar surface area (TPSA) is 111 Å². The summed E-state index contributed by atoms with van der Waals surface area (Å²) in [5.41, 5.74) is 6.36. The number of carbonyl (C=O) groups excluding carboxylic acids is 1. The smallest absolute Gasteiger partial charge is 0.343 e. The predicted molar refractivity (Wildman–Crippen MR) is 87.0 cm³/mol. The van der Waals surface area contributed by atoms with E-state index in [1.165, 1.54) is 12.4 Å². The van der Waals surface area contributed by atoms with Crippen LogP contribution >= 0.6 is 0 Å². The first-order valence-corrected chi connectivity index (χ1v) is 6.91. The number of ether oxygens (including phenoxy) is 1. The van der Waals surface area contributed by atoms with Gasteiger partial charge in [0.2, 0.25) is 5.43 Å². The molecular formula is C16H16N4O3. The number of fused-ring (bicyclic) bond motifs is 1. The van der Waals surface area contributed by atoms with E-state index in [-0.39, 0.29) is 17.6 Å². The first-order chi connectivity index (χ1) is 11.1. The molecule has 0 aliphatic carbocycles. The van der Waals surface area contributed by atoms with Crippen molar-refractivity contribution in [2.75, 3.05) is 12.3 Å². The van der Waals surface area contributed by atoms with Crippen molar-refractivity contribution in [3.8, 4) is 0 Å². The Morgan fingerprint density at radius 3 is 2.52 bits per heavy atom. The van der Waals surface area contributed by atoms with Crippen LogP contribution in [0.4, 0.5) is 5.69 Å². The first kappa shape index (κ1) is 16.2. The van der Waals surface area contributed by atoms with E-state index in [2.05, 4.69) is 15.0 Å². The van der Waals surface area contributed by atoms with E-state index in [1.54, 1.807) is 43.7 Å². The lowest BCUT2D eigenvalue weighted by Crippen LogP contribution is -2.18. The van der Waals surface area contributed by atoms with Gasteiger partial charge in [-0.15, -0.1) is 0 Å². The number of H-pyrrole nitrogens is 1. The quantitative estimate of drug-likeness (QED) is 0.698. The van der Waals surface area contributed by atoms with Crippen molar-refractivity contribution >= 4 is 22.6 Å². The minimum Gasteiger partial charge on any atom is -0.462 e. The fourth-order valence-electron chi connectivity index (χ4n) is 1.79. The van der Waals surface area contributed by atoms with Crippen LogP contribution < -0.4 is 11.2 Å². The van der Waals surface area contributed by atoms with Gasteiger partial charge in [-0.3, -0.25) is 14.8 Å². The number of pyridine rings is 3. The number of nitrogens with one attached hydrogen (secondary N) is 1. The number of hydrogen-bond acceptors (Lipinski definition) is 6. The van der Waals surface area contributed by atoms with Crippen molar-refractivity contribution in [3.05, 3.63) is 65.0 Å². The largest absolute Gasteiger partial charge is 0.462 e. The summed E-state index contributed by atoms with van der Waals surface area (Å²) in [4.78, 5) is 33.8. The monoisotopic (exact) mass is 312 g/mol. The minimum absolute atomic E-state index is 0.00218. The van der Waals surface area contributed by atoms with Crippen LogP contribution in [0.3, 0.4) is 0 Å². The second kappa shape index (κ2) is 7.69. The van der Waals surface area contributed by atoms with Crippen LogP contribution in [0.1, 0.15) is 17.3 Å². The highest BCUT2D eigenvalue weighted by Crippen LogP contribution is 2.05. The van der Waals surface area contributed by atoms with E-state index in [1.807, 2.05) is 0 Å². The molecule has 0 spiro atoms. The summed E-state index contributed by atoms with van der Waals surface area (Å²) in [7, 11) is 0. The van der Waals surface area contributed by atoms with E-state index in [0.29, 0.717) is 10.9 Å². The molecule has 3 heterocycles. The van der Waals surface area contributed by atoms with Gasteiger partial charge in [0.05, 0.1) is 17.5 Å². The van der Waals surface area contributed by atoms with E-state index in [9.17, 15) is 9.59 Å². The molecule has 3 aromatic heterocycles. The number of carbonyl (C=O) groups is 1. The van der Waals surface area contributed by atoms with E-state index < -0.39 is 5.97 Å². The van der Waals surface area contributed by atoms with E-state index in [0.717, 1.165) is 5.69 Å². The Morgan fingerprint density at radius 2 is 1.91 bits per heavy atom. The number of hydrogen-bond donors (Lipinski definition) is 2. The van der Waals surface area contributed by atoms with Gasteiger partial charge < -0.3 is 15.5 Å². The van der Waals surface area contributed by atoms with Crippen molar-refractivity contribution in [1.29, 1.82) is 0 Å². The molecule has 0 saturated carbocycles. The van der Waals surface area contributed by atoms with Gasteiger partial charge in [-0.25, -0.2) is 4.79 Å². The molecule has 118 valence electrons. The Hall–Kier alpha value is -3.22. The molecular weight excluding hydrogens is 296 g/mol. The third-order valence-electron chi connectivity index (χ3n) is 2.88. The number of nitrogen functional groups attached to an aromatic ring is 1. The van der Waals surface area contributed by atoms with Crippen molar-refractivity contribution in [3.63, 3.8) is 0 Å². The predicted octanol–water partition coefficient (Wildman–Crippen LogP) is 1.76. The molecule has 0 aliphatic rings. The third kappa shape index (κ3) is 4.13. The second-order valence-electron chi connectivity index (χ2n) is 4.45. The Kier molecular flexibility index (Phi) is 5.40. The average molecular weight is 312 g/mol. The molecule has 3 N–H and O–H groups in total. The normalized spacial score (nSPS) is 9.78. The van der Waals surface area contributed by atoms with E-state index in [4.69, 9.17) is 10.5 Å². The summed E-state index contributed by atoms with van der Waals surface area (Å²) in [6.07, 6.45) is 7.69. The van der Waals surface area contributed by atoms with E-state index >= 15 is 0 Å². The van der Waals surface area contributed by atoms with Gasteiger partial charge in [-0.05, 0) is 25.1 Å². The Bertz CT molecular complexity index is 847. The molecule has 0 amide bonds. The van der Waals surface area contributed by atoms with Crippen LogP contribution in [0.5, 0.6) is 0 Å². The number of nitrogens with zero attached hydrogens (tertiary/aromatic N) is 2. The van der Waals surface area contributed by atoms with Crippen molar-refractivity contribution < 1.29 is 9.53 Å². The zero-order chi connectivity index (χ0) is 16.7. The fraction of sp³-hybridized carbons (Fsp3) is 0.125. The molecule has 0 radical (unpaired) electrons. The molecule has 0 bridgehead atoms. The number of esters is 1. The van der Waals surface area contributed by atoms with Crippen molar-refractivity contribution in [2.24, 2.45) is 0 Å². The maximum atomic E-state index is 11.9. The fourth-order valence-corrected chi connectivity index (χ4v) is 1.79. The molecule has 0 atom stereocenters. The van der Waals surface area contributed by atoms with Gasteiger partial charge in [0.1, 0.15) is 5.56 Å². The highest BCUT2D eigenvalue weighted by atomic mass is 16.5. The van der Waals surface area contributed by atoms with Gasteiger partial charge in [-0.1, -0.05) is 0 Å². The molecule has 3 aromatic rings. The molecule has 0 unspecified atom stereocenters. The van der Waals surface area contributed by atoms with Gasteiger partial charge >= 0.3 is 5.97 Å². The standard InChI is InChI=1S/C11H10N2O3.C5H6N2/c1-2-16-11(15)8-6-13-9-3-4-12-5-7(9)10(8)14;6-5-1-3-7-4-2-5/h3-6H,2H2,1H3,(H,13,14);1-4H,(H2,6,7). The molecule has 0 saturated heterocycles. The first-order valence-electron chi connectivity index (χ1n) is 6.91. The van der Waals surface area contributed by atoms with Gasteiger partial charge in [0.25, 0.3) is 0 Å². The summed E-state index contributed by atoms with van der Waals surface area (Å²) in [5, 5.41) is 0.382. The molecule has 0 aliphatic heterocycles. The van der Waals surface area contributed by atoms with Gasteiger partial charge in [-0.2, -0.15) is 0 Å². The maximum Gasteiger partial charge on any atom is 0.343 e. The molecule has 23 heavy (non-hydrogen) atoms. The molecule has 3 rings (SSSR count). The highest BCUT2D eigenvalue weighted by molar-refractivity contribution is 5.93. The lowest BCUT2D eigenvalue weighted by molar-refractivity contribution is 0.0524. The van der Waals surface area contributed by atoms with Crippen LogP contribution in [-0.2, 0) is 4.74 Å². The zero-order valence-corrected chi connectivity index (χ0v) is 12.5. The lowest BCUT2D eigenvalue weighted by atomic mass is 10.2. The number of rotatable bonds is 2. The SMILES string of the molecule is CCOC(=O)c1c[nH]c2ccncc2c1=O.Nc1ccncc1. The number of nitrogens with two attached hydrogens (primary N) is 1. The number of aromatic nitrogens is 3. The summed E-state index contributed by atoms with van der Waals surface area (Å²) in [5.74, 6) is -0.616. The third-order valence-corrected chi connectivity index (χ3v) is 2.88. The number of anilines is 1. The van der Waals surface area contributed by atoms with Crippen LogP contribution in [-0.4, -0.2) is 27.5 Å². The van der Waals surface area contributed by atoms with Gasteiger partial charge in [0, 0.05) is 36.7 Å². The molecule has 7 heteroatoms. The summed E-state index contributed by atoms with van der Waals surface area (Å²) < 4.78 is 4.78. The van der Waals surface area contributed by atoms with Crippen LogP contribution in [0.15, 0.2) is 54.0 Å². The van der Waals surface area contributed by atoms with Crippen molar-refractivity contribution in [2.45, 2.75) is 6.92 Å². The second-order valence-corrected chi connectivity index (χ2v) is 4.45. The molecule has 0 aromatic carbocycles. The van der Waals surface area contributed by atoms with Gasteiger partial charge in [0.15, 0.2) is 0 Å². The molecule has 7 nitrogen and oxygen atoms in total. The molecule has 0 fully saturated rings. The lowest BCUT2D eigenvalue weighted by Gasteiger charge is -2.02. The minimum atomic E-state index is -0.616. The Morgan fingerprint density at radius 1 is 1.22 bits per heavy atom. The maximum absolute atomic E-state index is 11.9. The van der Waals surface area contributed by atoms with Crippen molar-refractivity contribution in [1.82, 2.24) is 15.0 Å². The highest BCUT2D eigenvalue weighted by Gasteiger charge is 2.13. The Balaban J connectivity index is 0.000000229. The van der Waals surface area contributed by atoms with Crippen LogP contribution in [0, 0.1) is 0 Å². The Labute approximate surface area is 132 Å². The van der Waals surface area contributed by atoms with Crippen LogP contribution in [0.2, 0.25) is 0 Å². The zero-order valence-electron chi connectivity index (χ0n) is 12.5. The average Bonchev–Trinajstić information content (AvgIpc) is 2.57. The van der Waals surface area contributed by atoms with Crippen LogP contribution in [0.25, 0.3) is 10.9 Å².